The molecule has 0 aliphatic carbocycles. The molecule has 0 radical (unpaired) electrons. The first-order chi connectivity index (χ1) is 20.7. The zero-order valence-electron chi connectivity index (χ0n) is 24.8. The average Bonchev–Trinajstić information content (AvgIpc) is 3.38. The van der Waals surface area contributed by atoms with Crippen LogP contribution in [0, 0.1) is 0 Å². The molecular weight excluding hydrogens is 587 g/mol. The topological polar surface area (TPSA) is 74.7 Å². The molecule has 0 spiro atoms. The number of benzene rings is 3. The number of nitrogens with zero attached hydrogens (tertiary/aromatic N) is 4. The van der Waals surface area contributed by atoms with E-state index in [9.17, 15) is 9.59 Å². The van der Waals surface area contributed by atoms with E-state index >= 15 is 0 Å². The second kappa shape index (κ2) is 13.3. The summed E-state index contributed by atoms with van der Waals surface area (Å²) < 4.78 is 11.7. The van der Waals surface area contributed by atoms with Crippen molar-refractivity contribution in [2.75, 3.05) is 33.3 Å². The summed E-state index contributed by atoms with van der Waals surface area (Å²) in [4.78, 5) is 38.0. The number of rotatable bonds is 8. The Morgan fingerprint density at radius 2 is 1.63 bits per heavy atom. The van der Waals surface area contributed by atoms with Crippen molar-refractivity contribution < 1.29 is 19.1 Å². The van der Waals surface area contributed by atoms with Crippen LogP contribution in [0.3, 0.4) is 0 Å². The molecule has 10 heteroatoms. The normalized spacial score (nSPS) is 18.7. The van der Waals surface area contributed by atoms with E-state index in [1.165, 1.54) is 0 Å². The molecular formula is C33H36Cl2N4O4. The highest BCUT2D eigenvalue weighted by Gasteiger charge is 2.45. The van der Waals surface area contributed by atoms with Crippen LogP contribution in [0.5, 0.6) is 11.5 Å². The van der Waals surface area contributed by atoms with Crippen LogP contribution in [0.1, 0.15) is 56.0 Å². The molecule has 2 atom stereocenters. The Morgan fingerprint density at radius 3 is 2.21 bits per heavy atom. The van der Waals surface area contributed by atoms with Crippen molar-refractivity contribution in [1.82, 2.24) is 14.7 Å². The Bertz CT molecular complexity index is 1490. The van der Waals surface area contributed by atoms with Crippen LogP contribution < -0.4 is 9.47 Å². The fourth-order valence-electron chi connectivity index (χ4n) is 5.55. The highest BCUT2D eigenvalue weighted by molar-refractivity contribution is 6.30. The molecule has 226 valence electrons. The number of carbonyl (C=O) groups excluding carboxylic acids is 2. The fraction of sp³-hybridized carbons (Fsp3) is 0.364. The van der Waals surface area contributed by atoms with E-state index in [1.54, 1.807) is 23.0 Å². The zero-order valence-corrected chi connectivity index (χ0v) is 26.3. The number of carbonyl (C=O) groups is 2. The molecule has 3 aromatic carbocycles. The average molecular weight is 624 g/mol. The molecule has 2 heterocycles. The summed E-state index contributed by atoms with van der Waals surface area (Å²) in [5.74, 6) is 1.55. The van der Waals surface area contributed by atoms with Crippen molar-refractivity contribution >= 4 is 41.0 Å². The Balaban J connectivity index is 1.66. The molecule has 5 rings (SSSR count). The summed E-state index contributed by atoms with van der Waals surface area (Å²) in [5, 5.41) is 1.19. The molecule has 2 aliphatic rings. The Morgan fingerprint density at radius 1 is 0.977 bits per heavy atom. The smallest absolute Gasteiger partial charge is 0.326 e. The summed E-state index contributed by atoms with van der Waals surface area (Å²) in [7, 11) is 1.60. The number of ether oxygens (including phenoxy) is 2. The molecule has 2 aliphatic heterocycles. The van der Waals surface area contributed by atoms with Gasteiger partial charge in [-0.2, -0.15) is 0 Å². The van der Waals surface area contributed by atoms with Gasteiger partial charge in [-0.25, -0.2) is 4.79 Å². The first kappa shape index (κ1) is 30.7. The summed E-state index contributed by atoms with van der Waals surface area (Å²) in [6.07, 6.45) is 0.723. The zero-order chi connectivity index (χ0) is 30.7. The molecule has 0 aromatic heterocycles. The van der Waals surface area contributed by atoms with Gasteiger partial charge >= 0.3 is 6.03 Å². The minimum Gasteiger partial charge on any atom is -0.497 e. The van der Waals surface area contributed by atoms with Gasteiger partial charge in [0.25, 0.3) is 0 Å². The van der Waals surface area contributed by atoms with Gasteiger partial charge in [-0.05, 0) is 67.8 Å². The van der Waals surface area contributed by atoms with Gasteiger partial charge in [-0.15, -0.1) is 0 Å². The van der Waals surface area contributed by atoms with Gasteiger partial charge in [0.05, 0.1) is 24.8 Å². The molecule has 3 amide bonds. The van der Waals surface area contributed by atoms with Gasteiger partial charge in [0.15, 0.2) is 0 Å². The van der Waals surface area contributed by atoms with Gasteiger partial charge < -0.3 is 19.3 Å². The van der Waals surface area contributed by atoms with Crippen LogP contribution in [-0.2, 0) is 4.79 Å². The van der Waals surface area contributed by atoms with Crippen molar-refractivity contribution in [1.29, 1.82) is 0 Å². The number of hydrogen-bond acceptors (Lipinski definition) is 5. The van der Waals surface area contributed by atoms with Crippen LogP contribution in [0.15, 0.2) is 71.7 Å². The first-order valence-electron chi connectivity index (χ1n) is 14.5. The SMILES string of the molecule is CCCN1CCN(C(=O)N2C(c3ccc(OC)cc3OC(C)C)=N[C@@H](c3ccc(Cl)cc3)[C@H]2c2ccc(Cl)cc2)CC1=O. The van der Waals surface area contributed by atoms with Crippen LogP contribution in [-0.4, -0.2) is 71.9 Å². The number of aliphatic imine (C=N–C) groups is 1. The molecule has 3 aromatic rings. The summed E-state index contributed by atoms with van der Waals surface area (Å²) in [5.41, 5.74) is 2.39. The second-order valence-corrected chi connectivity index (χ2v) is 11.8. The van der Waals surface area contributed by atoms with Crippen molar-refractivity contribution in [2.45, 2.75) is 45.4 Å². The lowest BCUT2D eigenvalue weighted by atomic mass is 9.93. The number of hydrogen-bond donors (Lipinski definition) is 0. The maximum atomic E-state index is 14.6. The molecule has 0 unspecified atom stereocenters. The maximum Gasteiger partial charge on any atom is 0.326 e. The molecule has 8 nitrogen and oxygen atoms in total. The van der Waals surface area contributed by atoms with E-state index < -0.39 is 12.1 Å². The Labute approximate surface area is 262 Å². The molecule has 43 heavy (non-hydrogen) atoms. The Kier molecular flexibility index (Phi) is 9.47. The van der Waals surface area contributed by atoms with E-state index in [2.05, 4.69) is 0 Å². The van der Waals surface area contributed by atoms with Crippen LogP contribution in [0.4, 0.5) is 4.79 Å². The number of amides is 3. The molecule has 0 bridgehead atoms. The van der Waals surface area contributed by atoms with Crippen molar-refractivity contribution in [3.05, 3.63) is 93.5 Å². The van der Waals surface area contributed by atoms with E-state index in [4.69, 9.17) is 37.7 Å². The van der Waals surface area contributed by atoms with E-state index in [-0.39, 0.29) is 24.6 Å². The van der Waals surface area contributed by atoms with Gasteiger partial charge in [-0.3, -0.25) is 14.7 Å². The minimum absolute atomic E-state index is 0.000470. The number of halogens is 2. The minimum atomic E-state index is -0.529. The third kappa shape index (κ3) is 6.60. The number of piperazine rings is 1. The number of amidine groups is 1. The third-order valence-corrected chi connectivity index (χ3v) is 8.07. The van der Waals surface area contributed by atoms with Gasteiger partial charge in [0, 0.05) is 35.7 Å². The van der Waals surface area contributed by atoms with Crippen LogP contribution in [0.2, 0.25) is 10.0 Å². The first-order valence-corrected chi connectivity index (χ1v) is 15.3. The van der Waals surface area contributed by atoms with Crippen LogP contribution in [0.25, 0.3) is 0 Å². The van der Waals surface area contributed by atoms with Crippen molar-refractivity contribution in [3.8, 4) is 11.5 Å². The highest BCUT2D eigenvalue weighted by Crippen LogP contribution is 2.46. The molecule has 0 saturated carbocycles. The fourth-order valence-corrected chi connectivity index (χ4v) is 5.80. The third-order valence-electron chi connectivity index (χ3n) is 7.57. The summed E-state index contributed by atoms with van der Waals surface area (Å²) in [6.45, 7) is 7.50. The highest BCUT2D eigenvalue weighted by atomic mass is 35.5. The standard InChI is InChI=1S/C33H36Cl2N4O4/c1-5-16-37-17-18-38(20-29(37)40)33(41)39-31(23-8-12-25(35)13-9-23)30(22-6-10-24(34)11-7-22)36-32(39)27-15-14-26(42-4)19-28(27)43-21(2)3/h6-15,19,21,30-31H,5,16-18,20H2,1-4H3/t30-,31+/m0/s1. The van der Waals surface area contributed by atoms with E-state index in [0.717, 1.165) is 17.5 Å². The lowest BCUT2D eigenvalue weighted by Crippen LogP contribution is -2.56. The maximum absolute atomic E-state index is 14.6. The molecule has 1 saturated heterocycles. The van der Waals surface area contributed by atoms with Crippen molar-refractivity contribution in [3.63, 3.8) is 0 Å². The predicted octanol–water partition coefficient (Wildman–Crippen LogP) is 7.01. The summed E-state index contributed by atoms with van der Waals surface area (Å²) in [6, 6.07) is 19.1. The molecule has 0 N–H and O–H groups in total. The van der Waals surface area contributed by atoms with Gasteiger partial charge in [0.2, 0.25) is 5.91 Å². The monoisotopic (exact) mass is 622 g/mol. The predicted molar refractivity (Wildman–Crippen MR) is 169 cm³/mol. The van der Waals surface area contributed by atoms with E-state index in [1.807, 2.05) is 86.3 Å². The second-order valence-electron chi connectivity index (χ2n) is 10.9. The van der Waals surface area contributed by atoms with Gasteiger partial charge in [0.1, 0.15) is 29.9 Å². The number of urea groups is 1. The lowest BCUT2D eigenvalue weighted by Gasteiger charge is -2.38. The molecule has 1 fully saturated rings. The summed E-state index contributed by atoms with van der Waals surface area (Å²) >= 11 is 12.5. The van der Waals surface area contributed by atoms with Crippen LogP contribution >= 0.6 is 23.2 Å². The quantitative estimate of drug-likeness (QED) is 0.271. The lowest BCUT2D eigenvalue weighted by molar-refractivity contribution is -0.135. The largest absolute Gasteiger partial charge is 0.497 e. The van der Waals surface area contributed by atoms with Gasteiger partial charge in [-0.1, -0.05) is 54.4 Å². The van der Waals surface area contributed by atoms with E-state index in [0.29, 0.717) is 52.6 Å². The Hall–Kier alpha value is -3.75. The van der Waals surface area contributed by atoms with Crippen molar-refractivity contribution in [2.24, 2.45) is 4.99 Å². The number of methoxy groups -OCH3 is 1.